The van der Waals surface area contributed by atoms with Crippen LogP contribution in [0.3, 0.4) is 0 Å². The number of nitrogens with zero attached hydrogens (tertiary/aromatic N) is 1. The average Bonchev–Trinajstić information content (AvgIpc) is 2.95. The fourth-order valence-corrected chi connectivity index (χ4v) is 2.73. The molecule has 1 aliphatic heterocycles. The van der Waals surface area contributed by atoms with Gasteiger partial charge in [-0.15, -0.1) is 0 Å². The molecule has 7 heteroatoms. The van der Waals surface area contributed by atoms with E-state index in [1.807, 2.05) is 12.1 Å². The molecule has 0 unspecified atom stereocenters. The van der Waals surface area contributed by atoms with Gasteiger partial charge in [-0.3, -0.25) is 4.79 Å². The smallest absolute Gasteiger partial charge is 0.363 e. The Morgan fingerprint density at radius 2 is 2.00 bits per heavy atom. The third-order valence-electron chi connectivity index (χ3n) is 3.44. The molecule has 0 aliphatic carbocycles. The standard InChI is InChI=1S/C19H14BrNO5/c1-11(22)25-17-9-12(6-7-16(17)24-2)8-15-19(23)26-18(21-15)13-4-3-5-14(20)10-13/h3-10H,1-2H3/b15-8-. The minimum Gasteiger partial charge on any atom is -0.493 e. The first kappa shape index (κ1) is 17.9. The van der Waals surface area contributed by atoms with Crippen LogP contribution in [0.2, 0.25) is 0 Å². The van der Waals surface area contributed by atoms with Crippen LogP contribution >= 0.6 is 15.9 Å². The van der Waals surface area contributed by atoms with E-state index in [9.17, 15) is 9.59 Å². The van der Waals surface area contributed by atoms with Crippen molar-refractivity contribution < 1.29 is 23.8 Å². The van der Waals surface area contributed by atoms with E-state index in [2.05, 4.69) is 20.9 Å². The second kappa shape index (κ2) is 7.53. The van der Waals surface area contributed by atoms with E-state index < -0.39 is 11.9 Å². The fourth-order valence-electron chi connectivity index (χ4n) is 2.33. The van der Waals surface area contributed by atoms with Crippen molar-refractivity contribution in [1.29, 1.82) is 0 Å². The fraction of sp³-hybridized carbons (Fsp3) is 0.105. The van der Waals surface area contributed by atoms with Gasteiger partial charge in [0.1, 0.15) is 0 Å². The van der Waals surface area contributed by atoms with Crippen molar-refractivity contribution in [3.05, 3.63) is 63.8 Å². The van der Waals surface area contributed by atoms with E-state index in [0.717, 1.165) is 4.47 Å². The summed E-state index contributed by atoms with van der Waals surface area (Å²) in [5, 5.41) is 0. The lowest BCUT2D eigenvalue weighted by Crippen LogP contribution is -2.05. The molecular weight excluding hydrogens is 402 g/mol. The molecule has 0 saturated heterocycles. The molecule has 6 nitrogen and oxygen atoms in total. The summed E-state index contributed by atoms with van der Waals surface area (Å²) >= 11 is 3.37. The van der Waals surface area contributed by atoms with Gasteiger partial charge in [0.15, 0.2) is 17.2 Å². The number of carbonyl (C=O) groups is 2. The van der Waals surface area contributed by atoms with Crippen LogP contribution in [-0.4, -0.2) is 24.9 Å². The molecule has 1 aliphatic rings. The zero-order valence-electron chi connectivity index (χ0n) is 14.0. The van der Waals surface area contributed by atoms with Crippen LogP contribution in [0.15, 0.2) is 57.6 Å². The maximum Gasteiger partial charge on any atom is 0.363 e. The maximum absolute atomic E-state index is 12.1. The third-order valence-corrected chi connectivity index (χ3v) is 3.93. The molecule has 26 heavy (non-hydrogen) atoms. The lowest BCUT2D eigenvalue weighted by atomic mass is 10.1. The second-order valence-corrected chi connectivity index (χ2v) is 6.27. The van der Waals surface area contributed by atoms with Gasteiger partial charge in [0.2, 0.25) is 5.90 Å². The molecule has 0 radical (unpaired) electrons. The predicted molar refractivity (Wildman–Crippen MR) is 99.1 cm³/mol. The highest BCUT2D eigenvalue weighted by molar-refractivity contribution is 9.10. The van der Waals surface area contributed by atoms with Crippen LogP contribution in [0.1, 0.15) is 18.1 Å². The highest BCUT2D eigenvalue weighted by Gasteiger charge is 2.24. The van der Waals surface area contributed by atoms with E-state index in [-0.39, 0.29) is 17.3 Å². The normalized spacial score (nSPS) is 14.8. The summed E-state index contributed by atoms with van der Waals surface area (Å²) in [6.07, 6.45) is 1.56. The van der Waals surface area contributed by atoms with Gasteiger partial charge in [0.25, 0.3) is 0 Å². The molecule has 0 spiro atoms. The summed E-state index contributed by atoms with van der Waals surface area (Å²) in [6.45, 7) is 1.30. The quantitative estimate of drug-likeness (QED) is 0.432. The minimum absolute atomic E-state index is 0.152. The number of methoxy groups -OCH3 is 1. The van der Waals surface area contributed by atoms with Gasteiger partial charge in [-0.05, 0) is 42.0 Å². The number of benzene rings is 2. The van der Waals surface area contributed by atoms with Crippen molar-refractivity contribution in [2.45, 2.75) is 6.92 Å². The summed E-state index contributed by atoms with van der Waals surface area (Å²) in [4.78, 5) is 27.6. The average molecular weight is 416 g/mol. The number of cyclic esters (lactones) is 1. The number of hydrogen-bond donors (Lipinski definition) is 0. The number of halogens is 1. The lowest BCUT2D eigenvalue weighted by Gasteiger charge is -2.08. The van der Waals surface area contributed by atoms with Gasteiger partial charge in [-0.25, -0.2) is 9.79 Å². The predicted octanol–water partition coefficient (Wildman–Crippen LogP) is 3.73. The van der Waals surface area contributed by atoms with E-state index in [4.69, 9.17) is 14.2 Å². The van der Waals surface area contributed by atoms with Gasteiger partial charge in [0.05, 0.1) is 7.11 Å². The third kappa shape index (κ3) is 4.00. The van der Waals surface area contributed by atoms with Gasteiger partial charge >= 0.3 is 11.9 Å². The number of aliphatic imine (C=N–C) groups is 1. The highest BCUT2D eigenvalue weighted by atomic mass is 79.9. The highest BCUT2D eigenvalue weighted by Crippen LogP contribution is 2.30. The largest absolute Gasteiger partial charge is 0.493 e. The molecule has 2 aromatic carbocycles. The zero-order chi connectivity index (χ0) is 18.7. The summed E-state index contributed by atoms with van der Waals surface area (Å²) in [5.74, 6) is -0.115. The van der Waals surface area contributed by atoms with Crippen molar-refractivity contribution in [2.24, 2.45) is 4.99 Å². The van der Waals surface area contributed by atoms with E-state index in [1.54, 1.807) is 36.4 Å². The monoisotopic (exact) mass is 415 g/mol. The van der Waals surface area contributed by atoms with Crippen LogP contribution in [0.25, 0.3) is 6.08 Å². The van der Waals surface area contributed by atoms with Crippen LogP contribution in [0.5, 0.6) is 11.5 Å². The Hall–Kier alpha value is -2.93. The molecule has 0 N–H and O–H groups in total. The zero-order valence-corrected chi connectivity index (χ0v) is 15.6. The Morgan fingerprint density at radius 1 is 1.19 bits per heavy atom. The first-order chi connectivity index (χ1) is 12.5. The van der Waals surface area contributed by atoms with Crippen LogP contribution in [0.4, 0.5) is 0 Å². The van der Waals surface area contributed by atoms with Gasteiger partial charge < -0.3 is 14.2 Å². The Balaban J connectivity index is 1.94. The molecule has 0 amide bonds. The van der Waals surface area contributed by atoms with Crippen molar-refractivity contribution in [2.75, 3.05) is 7.11 Å². The lowest BCUT2D eigenvalue weighted by molar-refractivity contribution is -0.132. The van der Waals surface area contributed by atoms with Crippen LogP contribution in [-0.2, 0) is 14.3 Å². The summed E-state index contributed by atoms with van der Waals surface area (Å²) in [6, 6.07) is 12.3. The summed E-state index contributed by atoms with van der Waals surface area (Å²) in [7, 11) is 1.48. The van der Waals surface area contributed by atoms with Crippen molar-refractivity contribution in [3.63, 3.8) is 0 Å². The molecule has 0 bridgehead atoms. The first-order valence-corrected chi connectivity index (χ1v) is 8.40. The number of hydrogen-bond acceptors (Lipinski definition) is 6. The van der Waals surface area contributed by atoms with Crippen molar-refractivity contribution in [3.8, 4) is 11.5 Å². The summed E-state index contributed by atoms with van der Waals surface area (Å²) in [5.41, 5.74) is 1.46. The topological polar surface area (TPSA) is 74.2 Å². The SMILES string of the molecule is COc1ccc(/C=C2\N=C(c3cccc(Br)c3)OC2=O)cc1OC(C)=O. The van der Waals surface area contributed by atoms with Gasteiger partial charge in [-0.1, -0.05) is 28.1 Å². The molecule has 0 fully saturated rings. The van der Waals surface area contributed by atoms with Gasteiger partial charge in [0, 0.05) is 17.0 Å². The summed E-state index contributed by atoms with van der Waals surface area (Å²) < 4.78 is 16.4. The number of esters is 2. The molecule has 2 aromatic rings. The van der Waals surface area contributed by atoms with E-state index in [1.165, 1.54) is 14.0 Å². The molecule has 0 saturated carbocycles. The van der Waals surface area contributed by atoms with E-state index >= 15 is 0 Å². The Morgan fingerprint density at radius 3 is 2.69 bits per heavy atom. The number of ether oxygens (including phenoxy) is 3. The molecule has 3 rings (SSSR count). The molecule has 0 atom stereocenters. The Labute approximate surface area is 158 Å². The van der Waals surface area contributed by atoms with Gasteiger partial charge in [-0.2, -0.15) is 0 Å². The second-order valence-electron chi connectivity index (χ2n) is 5.35. The minimum atomic E-state index is -0.551. The Bertz CT molecular complexity index is 949. The Kier molecular flexibility index (Phi) is 5.18. The van der Waals surface area contributed by atoms with Crippen LogP contribution < -0.4 is 9.47 Å². The number of carbonyl (C=O) groups excluding carboxylic acids is 2. The van der Waals surface area contributed by atoms with Crippen molar-refractivity contribution in [1.82, 2.24) is 0 Å². The molecular formula is C19H14BrNO5. The number of rotatable bonds is 4. The molecule has 0 aromatic heterocycles. The van der Waals surface area contributed by atoms with Crippen molar-refractivity contribution >= 4 is 39.8 Å². The first-order valence-electron chi connectivity index (χ1n) is 7.61. The maximum atomic E-state index is 12.1. The van der Waals surface area contributed by atoms with Crippen LogP contribution in [0, 0.1) is 0 Å². The molecule has 132 valence electrons. The molecule has 1 heterocycles. The van der Waals surface area contributed by atoms with E-state index in [0.29, 0.717) is 16.9 Å².